The molecule has 1 rings (SSSR count). The largest absolute Gasteiger partial charge is 0.478 e. The Kier molecular flexibility index (Phi) is 4.34. The Balaban J connectivity index is 2.69. The Morgan fingerprint density at radius 2 is 2.36 bits per heavy atom. The Morgan fingerprint density at radius 3 is 3.00 bits per heavy atom. The Morgan fingerprint density at radius 1 is 1.57 bits per heavy atom. The summed E-state index contributed by atoms with van der Waals surface area (Å²) in [6.45, 7) is 0.0929. The molecule has 0 amide bonds. The van der Waals surface area contributed by atoms with Crippen LogP contribution in [0.4, 0.5) is 0 Å². The Hall–Kier alpha value is -1.14. The highest BCUT2D eigenvalue weighted by Crippen LogP contribution is 2.19. The maximum atomic E-state index is 10.7. The van der Waals surface area contributed by atoms with Gasteiger partial charge < -0.3 is 10.2 Å². The van der Waals surface area contributed by atoms with Crippen LogP contribution in [0.25, 0.3) is 0 Å². The van der Waals surface area contributed by atoms with Gasteiger partial charge in [-0.1, -0.05) is 0 Å². The van der Waals surface area contributed by atoms with Gasteiger partial charge >= 0.3 is 5.97 Å². The topological polar surface area (TPSA) is 83.3 Å². The fourth-order valence-corrected chi connectivity index (χ4v) is 1.70. The minimum atomic E-state index is -1.01. The van der Waals surface area contributed by atoms with E-state index in [1.54, 1.807) is 0 Å². The van der Waals surface area contributed by atoms with Crippen LogP contribution in [0.15, 0.2) is 17.3 Å². The van der Waals surface area contributed by atoms with Crippen molar-refractivity contribution in [2.24, 2.45) is 0 Å². The van der Waals surface area contributed by atoms with E-state index in [9.17, 15) is 4.79 Å². The fraction of sp³-hybridized carbons (Fsp3) is 0.375. The van der Waals surface area contributed by atoms with Crippen molar-refractivity contribution >= 4 is 17.7 Å². The maximum absolute atomic E-state index is 10.7. The molecule has 76 valence electrons. The van der Waals surface area contributed by atoms with Crippen molar-refractivity contribution < 1.29 is 15.0 Å². The van der Waals surface area contributed by atoms with E-state index in [-0.39, 0.29) is 12.2 Å². The van der Waals surface area contributed by atoms with E-state index in [0.717, 1.165) is 0 Å². The van der Waals surface area contributed by atoms with E-state index in [2.05, 4.69) is 10.2 Å². The molecule has 0 spiro atoms. The standard InChI is InChI=1S/C8H10N2O3S/c11-4-1-5-14-7-6(8(12)13)2-3-9-10-7/h2-3,11H,1,4-5H2,(H,12,13). The normalized spacial score (nSPS) is 10.1. The summed E-state index contributed by atoms with van der Waals surface area (Å²) in [7, 11) is 0. The average Bonchev–Trinajstić information content (AvgIpc) is 2.19. The fourth-order valence-electron chi connectivity index (χ4n) is 0.822. The average molecular weight is 214 g/mol. The molecule has 0 saturated heterocycles. The molecule has 0 unspecified atom stereocenters. The molecule has 1 aromatic heterocycles. The van der Waals surface area contributed by atoms with Crippen LogP contribution in [0.2, 0.25) is 0 Å². The van der Waals surface area contributed by atoms with Gasteiger partial charge in [0.15, 0.2) is 0 Å². The smallest absolute Gasteiger partial charge is 0.338 e. The number of hydrogen-bond acceptors (Lipinski definition) is 5. The molecule has 0 fully saturated rings. The molecule has 0 saturated carbocycles. The molecule has 0 radical (unpaired) electrons. The van der Waals surface area contributed by atoms with E-state index >= 15 is 0 Å². The van der Waals surface area contributed by atoms with E-state index in [0.29, 0.717) is 17.2 Å². The van der Waals surface area contributed by atoms with Gasteiger partial charge in [0.25, 0.3) is 0 Å². The van der Waals surface area contributed by atoms with Crippen LogP contribution in [-0.4, -0.2) is 38.7 Å². The minimum Gasteiger partial charge on any atom is -0.478 e. The zero-order valence-electron chi connectivity index (χ0n) is 7.38. The molecule has 0 atom stereocenters. The number of carboxylic acid groups (broad SMARTS) is 1. The third-order valence-corrected chi connectivity index (χ3v) is 2.53. The highest BCUT2D eigenvalue weighted by atomic mass is 32.2. The maximum Gasteiger partial charge on any atom is 0.338 e. The number of nitrogens with zero attached hydrogens (tertiary/aromatic N) is 2. The number of aromatic nitrogens is 2. The van der Waals surface area contributed by atoms with Crippen molar-refractivity contribution in [2.75, 3.05) is 12.4 Å². The van der Waals surface area contributed by atoms with Crippen LogP contribution in [-0.2, 0) is 0 Å². The zero-order valence-corrected chi connectivity index (χ0v) is 8.20. The zero-order chi connectivity index (χ0) is 10.4. The van der Waals surface area contributed by atoms with Crippen molar-refractivity contribution in [2.45, 2.75) is 11.4 Å². The summed E-state index contributed by atoms with van der Waals surface area (Å²) in [5.41, 5.74) is 0.155. The molecule has 1 heterocycles. The number of aliphatic hydroxyl groups is 1. The molecule has 0 aliphatic rings. The van der Waals surface area contributed by atoms with Gasteiger partial charge in [-0.05, 0) is 12.5 Å². The molecule has 1 aromatic rings. The predicted octanol–water partition coefficient (Wildman–Crippen LogP) is 0.649. The van der Waals surface area contributed by atoms with Gasteiger partial charge in [0.2, 0.25) is 0 Å². The molecule has 5 nitrogen and oxygen atoms in total. The van der Waals surface area contributed by atoms with Crippen molar-refractivity contribution in [3.63, 3.8) is 0 Å². The number of thioether (sulfide) groups is 1. The van der Waals surface area contributed by atoms with Crippen molar-refractivity contribution in [3.05, 3.63) is 17.8 Å². The highest BCUT2D eigenvalue weighted by molar-refractivity contribution is 7.99. The summed E-state index contributed by atoms with van der Waals surface area (Å²) in [5.74, 6) is -0.374. The van der Waals surface area contributed by atoms with Crippen molar-refractivity contribution in [1.29, 1.82) is 0 Å². The number of carboxylic acids is 1. The first-order valence-electron chi connectivity index (χ1n) is 4.04. The molecule has 2 N–H and O–H groups in total. The first kappa shape index (κ1) is 10.9. The molecule has 14 heavy (non-hydrogen) atoms. The van der Waals surface area contributed by atoms with E-state index in [1.807, 2.05) is 0 Å². The van der Waals surface area contributed by atoms with Gasteiger partial charge in [0.1, 0.15) is 5.03 Å². The summed E-state index contributed by atoms with van der Waals surface area (Å²) in [6.07, 6.45) is 1.96. The van der Waals surface area contributed by atoms with Crippen LogP contribution in [0, 0.1) is 0 Å². The second kappa shape index (κ2) is 5.56. The lowest BCUT2D eigenvalue weighted by molar-refractivity contribution is 0.0692. The molecular weight excluding hydrogens is 204 g/mol. The lowest BCUT2D eigenvalue weighted by Gasteiger charge is -2.01. The van der Waals surface area contributed by atoms with E-state index in [1.165, 1.54) is 24.0 Å². The van der Waals surface area contributed by atoms with Gasteiger partial charge in [-0.25, -0.2) is 4.79 Å². The van der Waals surface area contributed by atoms with E-state index < -0.39 is 5.97 Å². The SMILES string of the molecule is O=C(O)c1ccnnc1SCCCO. The Bertz CT molecular complexity index is 319. The second-order valence-electron chi connectivity index (χ2n) is 2.48. The summed E-state index contributed by atoms with van der Waals surface area (Å²) in [6, 6.07) is 1.41. The van der Waals surface area contributed by atoms with Crippen LogP contribution >= 0.6 is 11.8 Å². The summed E-state index contributed by atoms with van der Waals surface area (Å²) < 4.78 is 0. The van der Waals surface area contributed by atoms with Gasteiger partial charge in [-0.3, -0.25) is 0 Å². The van der Waals surface area contributed by atoms with Gasteiger partial charge in [0.05, 0.1) is 11.8 Å². The first-order chi connectivity index (χ1) is 6.75. The molecule has 0 aliphatic heterocycles. The lowest BCUT2D eigenvalue weighted by atomic mass is 10.3. The monoisotopic (exact) mass is 214 g/mol. The molecular formula is C8H10N2O3S. The van der Waals surface area contributed by atoms with Crippen molar-refractivity contribution in [3.8, 4) is 0 Å². The Labute approximate surface area is 85.2 Å². The summed E-state index contributed by atoms with van der Waals surface area (Å²) in [5, 5.41) is 25.1. The molecule has 0 aromatic carbocycles. The summed E-state index contributed by atoms with van der Waals surface area (Å²) >= 11 is 1.29. The van der Waals surface area contributed by atoms with Gasteiger partial charge in [-0.2, -0.15) is 5.10 Å². The molecule has 0 aliphatic carbocycles. The third-order valence-electron chi connectivity index (χ3n) is 1.46. The second-order valence-corrected chi connectivity index (χ2v) is 3.56. The number of rotatable bonds is 5. The predicted molar refractivity (Wildman–Crippen MR) is 51.4 cm³/mol. The van der Waals surface area contributed by atoms with E-state index in [4.69, 9.17) is 10.2 Å². The van der Waals surface area contributed by atoms with Gasteiger partial charge in [0, 0.05) is 12.4 Å². The lowest BCUT2D eigenvalue weighted by Crippen LogP contribution is -2.02. The highest BCUT2D eigenvalue weighted by Gasteiger charge is 2.10. The minimum absolute atomic E-state index is 0.0929. The number of hydrogen-bond donors (Lipinski definition) is 2. The first-order valence-corrected chi connectivity index (χ1v) is 5.03. The molecule has 6 heteroatoms. The van der Waals surface area contributed by atoms with Crippen molar-refractivity contribution in [1.82, 2.24) is 10.2 Å². The number of carbonyl (C=O) groups is 1. The number of aromatic carboxylic acids is 1. The van der Waals surface area contributed by atoms with Crippen LogP contribution in [0.3, 0.4) is 0 Å². The van der Waals surface area contributed by atoms with Crippen LogP contribution in [0.5, 0.6) is 0 Å². The molecule has 0 bridgehead atoms. The van der Waals surface area contributed by atoms with Crippen LogP contribution < -0.4 is 0 Å². The number of aliphatic hydroxyl groups excluding tert-OH is 1. The quantitative estimate of drug-likeness (QED) is 0.553. The van der Waals surface area contributed by atoms with Crippen LogP contribution in [0.1, 0.15) is 16.8 Å². The third kappa shape index (κ3) is 2.97. The van der Waals surface area contributed by atoms with Gasteiger partial charge in [-0.15, -0.1) is 16.9 Å². The summed E-state index contributed by atoms with van der Waals surface area (Å²) in [4.78, 5) is 10.7.